The van der Waals surface area contributed by atoms with E-state index in [4.69, 9.17) is 0 Å². The summed E-state index contributed by atoms with van der Waals surface area (Å²) >= 11 is 1.43. The van der Waals surface area contributed by atoms with Gasteiger partial charge >= 0.3 is 0 Å². The number of aryl methyl sites for hydroxylation is 2. The van der Waals surface area contributed by atoms with Gasteiger partial charge in [-0.05, 0) is 26.0 Å². The Bertz CT molecular complexity index is 883. The zero-order valence-corrected chi connectivity index (χ0v) is 12.3. The highest BCUT2D eigenvalue weighted by Gasteiger charge is 2.16. The number of pyridine rings is 1. The molecule has 3 aromatic rings. The molecule has 0 saturated heterocycles. The average molecular weight is 300 g/mol. The van der Waals surface area contributed by atoms with Crippen molar-refractivity contribution in [3.05, 3.63) is 57.2 Å². The summed E-state index contributed by atoms with van der Waals surface area (Å²) < 4.78 is 1.47. The molecular formula is C14H12N4O2S. The average Bonchev–Trinajstić information content (AvgIpc) is 2.76. The molecule has 0 fully saturated rings. The number of aromatic nitrogens is 3. The first-order valence-electron chi connectivity index (χ1n) is 6.27. The summed E-state index contributed by atoms with van der Waals surface area (Å²) in [5, 5.41) is 2.64. The lowest BCUT2D eigenvalue weighted by Crippen LogP contribution is -2.26. The Labute approximate surface area is 124 Å². The van der Waals surface area contributed by atoms with Gasteiger partial charge in [0.2, 0.25) is 0 Å². The van der Waals surface area contributed by atoms with Crippen molar-refractivity contribution >= 4 is 27.9 Å². The molecule has 0 aliphatic rings. The van der Waals surface area contributed by atoms with Gasteiger partial charge in [0.15, 0.2) is 4.96 Å². The molecule has 21 heavy (non-hydrogen) atoms. The predicted octanol–water partition coefficient (Wildman–Crippen LogP) is 2.02. The molecule has 3 rings (SSSR count). The van der Waals surface area contributed by atoms with Crippen LogP contribution < -0.4 is 10.9 Å². The molecule has 0 saturated carbocycles. The van der Waals surface area contributed by atoms with Crippen LogP contribution in [0.3, 0.4) is 0 Å². The first-order valence-corrected chi connectivity index (χ1v) is 7.08. The van der Waals surface area contributed by atoms with Gasteiger partial charge in [-0.15, -0.1) is 11.3 Å². The van der Waals surface area contributed by atoms with Crippen molar-refractivity contribution in [2.45, 2.75) is 13.8 Å². The molecule has 6 nitrogen and oxygen atoms in total. The van der Waals surface area contributed by atoms with Gasteiger partial charge in [-0.1, -0.05) is 0 Å². The van der Waals surface area contributed by atoms with E-state index in [9.17, 15) is 9.59 Å². The molecule has 0 atom stereocenters. The Balaban J connectivity index is 2.05. The van der Waals surface area contributed by atoms with E-state index in [0.717, 1.165) is 10.6 Å². The van der Waals surface area contributed by atoms with Crippen LogP contribution in [-0.2, 0) is 0 Å². The van der Waals surface area contributed by atoms with E-state index in [1.54, 1.807) is 18.3 Å². The van der Waals surface area contributed by atoms with Crippen molar-refractivity contribution in [1.29, 1.82) is 0 Å². The molecule has 0 aliphatic carbocycles. The standard InChI is InChI=1S/C14H12N4O2S/c1-8-9(2)21-14-16-7-11(13(20)18(8)14)12(19)17-10-4-3-5-15-6-10/h3-7H,1-2H3,(H,17,19). The number of thiazole rings is 1. The summed E-state index contributed by atoms with van der Waals surface area (Å²) in [6.07, 6.45) is 4.44. The van der Waals surface area contributed by atoms with E-state index in [0.29, 0.717) is 10.6 Å². The highest BCUT2D eigenvalue weighted by atomic mass is 32.1. The van der Waals surface area contributed by atoms with Gasteiger partial charge in [-0.2, -0.15) is 0 Å². The fourth-order valence-electron chi connectivity index (χ4n) is 1.97. The topological polar surface area (TPSA) is 76.4 Å². The Morgan fingerprint density at radius 2 is 2.14 bits per heavy atom. The first kappa shape index (κ1) is 13.4. The highest BCUT2D eigenvalue weighted by molar-refractivity contribution is 7.17. The van der Waals surface area contributed by atoms with Crippen LogP contribution in [0.2, 0.25) is 0 Å². The van der Waals surface area contributed by atoms with E-state index in [1.807, 2.05) is 13.8 Å². The number of hydrogen-bond acceptors (Lipinski definition) is 5. The van der Waals surface area contributed by atoms with E-state index in [2.05, 4.69) is 15.3 Å². The van der Waals surface area contributed by atoms with Crippen molar-refractivity contribution in [2.24, 2.45) is 0 Å². The number of anilines is 1. The zero-order valence-electron chi connectivity index (χ0n) is 11.5. The van der Waals surface area contributed by atoms with Crippen molar-refractivity contribution in [2.75, 3.05) is 5.32 Å². The van der Waals surface area contributed by atoms with Crippen LogP contribution in [0.1, 0.15) is 20.9 Å². The van der Waals surface area contributed by atoms with E-state index in [1.165, 1.54) is 28.1 Å². The van der Waals surface area contributed by atoms with Gasteiger partial charge in [0.05, 0.1) is 11.9 Å². The van der Waals surface area contributed by atoms with Crippen molar-refractivity contribution in [1.82, 2.24) is 14.4 Å². The summed E-state index contributed by atoms with van der Waals surface area (Å²) in [6, 6.07) is 3.41. The van der Waals surface area contributed by atoms with Crippen LogP contribution in [-0.4, -0.2) is 20.3 Å². The molecule has 0 aliphatic heterocycles. The first-order chi connectivity index (χ1) is 10.1. The molecule has 3 heterocycles. The normalized spacial score (nSPS) is 10.8. The van der Waals surface area contributed by atoms with Crippen molar-refractivity contribution in [3.63, 3.8) is 0 Å². The molecule has 0 spiro atoms. The molecule has 1 amide bonds. The van der Waals surface area contributed by atoms with Crippen LogP contribution in [0.5, 0.6) is 0 Å². The molecule has 0 radical (unpaired) electrons. The van der Waals surface area contributed by atoms with Crippen molar-refractivity contribution in [3.8, 4) is 0 Å². The molecule has 0 aromatic carbocycles. The van der Waals surface area contributed by atoms with Crippen LogP contribution in [0.25, 0.3) is 4.96 Å². The fourth-order valence-corrected chi connectivity index (χ4v) is 2.90. The molecular weight excluding hydrogens is 288 g/mol. The second-order valence-corrected chi connectivity index (χ2v) is 5.72. The maximum Gasteiger partial charge on any atom is 0.271 e. The van der Waals surface area contributed by atoms with Crippen LogP contribution in [0.4, 0.5) is 5.69 Å². The molecule has 0 unspecified atom stereocenters. The van der Waals surface area contributed by atoms with Gasteiger partial charge in [0.25, 0.3) is 11.5 Å². The van der Waals surface area contributed by atoms with Gasteiger partial charge in [-0.3, -0.25) is 19.0 Å². The number of carbonyl (C=O) groups is 1. The largest absolute Gasteiger partial charge is 0.320 e. The highest BCUT2D eigenvalue weighted by Crippen LogP contribution is 2.18. The Morgan fingerprint density at radius 3 is 2.86 bits per heavy atom. The summed E-state index contributed by atoms with van der Waals surface area (Å²) in [6.45, 7) is 3.76. The Morgan fingerprint density at radius 1 is 1.33 bits per heavy atom. The van der Waals surface area contributed by atoms with Crippen LogP contribution >= 0.6 is 11.3 Å². The lowest BCUT2D eigenvalue weighted by molar-refractivity contribution is 0.102. The minimum atomic E-state index is -0.488. The van der Waals surface area contributed by atoms with E-state index in [-0.39, 0.29) is 11.1 Å². The van der Waals surface area contributed by atoms with Gasteiger partial charge in [-0.25, -0.2) is 4.98 Å². The molecule has 7 heteroatoms. The smallest absolute Gasteiger partial charge is 0.271 e. The predicted molar refractivity (Wildman–Crippen MR) is 81.0 cm³/mol. The monoisotopic (exact) mass is 300 g/mol. The lowest BCUT2D eigenvalue weighted by atomic mass is 10.3. The fraction of sp³-hybridized carbons (Fsp3) is 0.143. The van der Waals surface area contributed by atoms with Gasteiger partial charge < -0.3 is 5.32 Å². The third-order valence-corrected chi connectivity index (χ3v) is 4.25. The minimum absolute atomic E-state index is 0.0113. The van der Waals surface area contributed by atoms with E-state index < -0.39 is 5.91 Å². The van der Waals surface area contributed by atoms with Gasteiger partial charge in [0.1, 0.15) is 5.56 Å². The van der Waals surface area contributed by atoms with Crippen molar-refractivity contribution < 1.29 is 4.79 Å². The quantitative estimate of drug-likeness (QED) is 0.785. The summed E-state index contributed by atoms with van der Waals surface area (Å²) in [4.78, 5) is 34.4. The third-order valence-electron chi connectivity index (χ3n) is 3.18. The minimum Gasteiger partial charge on any atom is -0.320 e. The number of fused-ring (bicyclic) bond motifs is 1. The zero-order chi connectivity index (χ0) is 15.0. The second kappa shape index (κ2) is 5.10. The number of carbonyl (C=O) groups excluding carboxylic acids is 1. The lowest BCUT2D eigenvalue weighted by Gasteiger charge is -2.04. The molecule has 0 bridgehead atoms. The second-order valence-electron chi connectivity index (χ2n) is 4.53. The van der Waals surface area contributed by atoms with Gasteiger partial charge in [0, 0.05) is 23.0 Å². The van der Waals surface area contributed by atoms with E-state index >= 15 is 0 Å². The number of amides is 1. The maximum atomic E-state index is 12.4. The Kier molecular flexibility index (Phi) is 3.26. The molecule has 1 N–H and O–H groups in total. The molecule has 106 valence electrons. The molecule has 3 aromatic heterocycles. The van der Waals surface area contributed by atoms with Crippen LogP contribution in [0.15, 0.2) is 35.5 Å². The summed E-state index contributed by atoms with van der Waals surface area (Å²) in [7, 11) is 0. The van der Waals surface area contributed by atoms with Crippen LogP contribution in [0, 0.1) is 13.8 Å². The summed E-state index contributed by atoms with van der Waals surface area (Å²) in [5.74, 6) is -0.488. The third kappa shape index (κ3) is 2.31. The Hall–Kier alpha value is -2.54. The number of nitrogens with zero attached hydrogens (tertiary/aromatic N) is 3. The number of nitrogens with one attached hydrogen (secondary N) is 1. The summed E-state index contributed by atoms with van der Waals surface area (Å²) in [5.41, 5.74) is 0.995. The maximum absolute atomic E-state index is 12.4. The number of rotatable bonds is 2. The SMILES string of the molecule is Cc1sc2ncc(C(=O)Nc3cccnc3)c(=O)n2c1C. The number of hydrogen-bond donors (Lipinski definition) is 1.